The van der Waals surface area contributed by atoms with E-state index in [2.05, 4.69) is 0 Å². The summed E-state index contributed by atoms with van der Waals surface area (Å²) in [7, 11) is 0. The highest BCUT2D eigenvalue weighted by atomic mass is 19.1. The van der Waals surface area contributed by atoms with Gasteiger partial charge in [0.15, 0.2) is 0 Å². The Balaban J connectivity index is 2.97. The van der Waals surface area contributed by atoms with Crippen molar-refractivity contribution in [3.8, 4) is 0 Å². The number of hydrogen-bond acceptors (Lipinski definition) is 4. The van der Waals surface area contributed by atoms with Crippen molar-refractivity contribution in [1.82, 2.24) is 0 Å². The Morgan fingerprint density at radius 3 is 2.31 bits per heavy atom. The molecule has 0 heterocycles. The summed E-state index contributed by atoms with van der Waals surface area (Å²) in [5.41, 5.74) is 6.96. The average molecular weight is 228 g/mol. The van der Waals surface area contributed by atoms with E-state index in [0.29, 0.717) is 18.7 Å². The van der Waals surface area contributed by atoms with Gasteiger partial charge in [0.1, 0.15) is 5.82 Å². The molecule has 5 heteroatoms. The van der Waals surface area contributed by atoms with E-state index in [1.54, 1.807) is 11.0 Å². The zero-order valence-electron chi connectivity index (χ0n) is 9.06. The summed E-state index contributed by atoms with van der Waals surface area (Å²) in [6, 6.07) is 4.33. The number of nitrogens with two attached hydrogens (primary N) is 1. The summed E-state index contributed by atoms with van der Waals surface area (Å²) >= 11 is 0. The van der Waals surface area contributed by atoms with Gasteiger partial charge >= 0.3 is 0 Å². The highest BCUT2D eigenvalue weighted by Crippen LogP contribution is 2.20. The van der Waals surface area contributed by atoms with E-state index < -0.39 is 0 Å². The van der Waals surface area contributed by atoms with Gasteiger partial charge in [-0.2, -0.15) is 0 Å². The molecule has 0 aliphatic carbocycles. The zero-order valence-corrected chi connectivity index (χ0v) is 9.06. The molecule has 90 valence electrons. The number of halogens is 1. The molecule has 1 rings (SSSR count). The monoisotopic (exact) mass is 228 g/mol. The molecule has 0 saturated heterocycles. The van der Waals surface area contributed by atoms with Crippen molar-refractivity contribution in [2.75, 3.05) is 31.2 Å². The molecule has 0 amide bonds. The number of hydrogen-bond donors (Lipinski definition) is 3. The molecule has 0 atom stereocenters. The number of benzene rings is 1. The fourth-order valence-electron chi connectivity index (χ4n) is 1.62. The van der Waals surface area contributed by atoms with Crippen molar-refractivity contribution in [3.63, 3.8) is 0 Å². The van der Waals surface area contributed by atoms with Crippen molar-refractivity contribution >= 4 is 5.69 Å². The van der Waals surface area contributed by atoms with Gasteiger partial charge < -0.3 is 20.8 Å². The molecule has 0 unspecified atom stereocenters. The lowest BCUT2D eigenvalue weighted by Gasteiger charge is -2.25. The van der Waals surface area contributed by atoms with E-state index >= 15 is 0 Å². The Labute approximate surface area is 94.1 Å². The molecule has 0 saturated carbocycles. The lowest BCUT2D eigenvalue weighted by Crippen LogP contribution is -2.30. The van der Waals surface area contributed by atoms with Crippen molar-refractivity contribution in [3.05, 3.63) is 29.6 Å². The summed E-state index contributed by atoms with van der Waals surface area (Å²) in [5, 5.41) is 17.8. The van der Waals surface area contributed by atoms with E-state index in [0.717, 1.165) is 5.69 Å². The molecule has 0 bridgehead atoms. The average Bonchev–Trinajstić information content (AvgIpc) is 2.28. The number of rotatable bonds is 6. The number of anilines is 1. The van der Waals surface area contributed by atoms with Gasteiger partial charge in [-0.05, 0) is 23.8 Å². The Bertz CT molecular complexity index is 328. The fourth-order valence-corrected chi connectivity index (χ4v) is 1.62. The second-order valence-corrected chi connectivity index (χ2v) is 3.41. The summed E-state index contributed by atoms with van der Waals surface area (Å²) < 4.78 is 13.0. The lowest BCUT2D eigenvalue weighted by molar-refractivity contribution is 0.281. The normalized spacial score (nSPS) is 10.5. The van der Waals surface area contributed by atoms with Crippen molar-refractivity contribution in [2.24, 2.45) is 5.73 Å². The van der Waals surface area contributed by atoms with Crippen LogP contribution in [0.25, 0.3) is 0 Å². The maximum Gasteiger partial charge on any atom is 0.123 e. The van der Waals surface area contributed by atoms with Crippen molar-refractivity contribution in [2.45, 2.75) is 6.54 Å². The molecule has 0 radical (unpaired) electrons. The van der Waals surface area contributed by atoms with E-state index in [1.807, 2.05) is 0 Å². The van der Waals surface area contributed by atoms with Crippen LogP contribution in [0.3, 0.4) is 0 Å². The van der Waals surface area contributed by atoms with Gasteiger partial charge in [0, 0.05) is 25.3 Å². The van der Waals surface area contributed by atoms with Crippen LogP contribution in [0.1, 0.15) is 5.56 Å². The molecule has 4 nitrogen and oxygen atoms in total. The van der Waals surface area contributed by atoms with Gasteiger partial charge in [-0.15, -0.1) is 0 Å². The van der Waals surface area contributed by atoms with Crippen molar-refractivity contribution in [1.29, 1.82) is 0 Å². The Morgan fingerprint density at radius 1 is 1.19 bits per heavy atom. The quantitative estimate of drug-likeness (QED) is 0.644. The third-order valence-electron chi connectivity index (χ3n) is 2.34. The highest BCUT2D eigenvalue weighted by Gasteiger charge is 2.10. The first-order valence-corrected chi connectivity index (χ1v) is 5.18. The van der Waals surface area contributed by atoms with Gasteiger partial charge in [-0.3, -0.25) is 0 Å². The minimum Gasteiger partial charge on any atom is -0.395 e. The maximum absolute atomic E-state index is 13.0. The minimum atomic E-state index is -0.336. The second-order valence-electron chi connectivity index (χ2n) is 3.41. The predicted molar refractivity (Wildman–Crippen MR) is 60.7 cm³/mol. The third-order valence-corrected chi connectivity index (χ3v) is 2.34. The topological polar surface area (TPSA) is 69.7 Å². The molecule has 0 spiro atoms. The Morgan fingerprint density at radius 2 is 1.81 bits per heavy atom. The summed E-state index contributed by atoms with van der Waals surface area (Å²) in [6.45, 7) is 0.946. The minimum absolute atomic E-state index is 0.0264. The molecule has 4 N–H and O–H groups in total. The third kappa shape index (κ3) is 3.16. The first-order valence-electron chi connectivity index (χ1n) is 5.18. The highest BCUT2D eigenvalue weighted by molar-refractivity contribution is 5.53. The van der Waals surface area contributed by atoms with E-state index in [1.165, 1.54) is 12.1 Å². The molecule has 0 fully saturated rings. The van der Waals surface area contributed by atoms with E-state index in [-0.39, 0.29) is 25.6 Å². The maximum atomic E-state index is 13.0. The first kappa shape index (κ1) is 12.9. The predicted octanol–water partition coefficient (Wildman–Crippen LogP) is 0.0754. The lowest BCUT2D eigenvalue weighted by atomic mass is 10.1. The molecule has 0 aliphatic rings. The van der Waals surface area contributed by atoms with Gasteiger partial charge in [-0.1, -0.05) is 0 Å². The van der Waals surface area contributed by atoms with Gasteiger partial charge in [0.25, 0.3) is 0 Å². The number of aliphatic hydroxyl groups is 2. The van der Waals surface area contributed by atoms with E-state index in [4.69, 9.17) is 15.9 Å². The number of aliphatic hydroxyl groups excluding tert-OH is 2. The molecule has 0 aliphatic heterocycles. The van der Waals surface area contributed by atoms with Crippen LogP contribution in [0.15, 0.2) is 18.2 Å². The second kappa shape index (κ2) is 6.42. The first-order chi connectivity index (χ1) is 7.72. The Kier molecular flexibility index (Phi) is 5.18. The molecular weight excluding hydrogens is 211 g/mol. The molecule has 1 aromatic carbocycles. The van der Waals surface area contributed by atoms with Gasteiger partial charge in [-0.25, -0.2) is 4.39 Å². The number of nitrogens with zero attached hydrogens (tertiary/aromatic N) is 1. The van der Waals surface area contributed by atoms with E-state index in [9.17, 15) is 4.39 Å². The SMILES string of the molecule is NCc1cc(F)ccc1N(CCO)CCO. The largest absolute Gasteiger partial charge is 0.395 e. The van der Waals surface area contributed by atoms with Crippen LogP contribution >= 0.6 is 0 Å². The zero-order chi connectivity index (χ0) is 12.0. The van der Waals surface area contributed by atoms with Crippen LogP contribution in [0, 0.1) is 5.82 Å². The fraction of sp³-hybridized carbons (Fsp3) is 0.455. The van der Waals surface area contributed by atoms with Crippen LogP contribution < -0.4 is 10.6 Å². The Hall–Kier alpha value is -1.17. The van der Waals surface area contributed by atoms with Crippen LogP contribution in [0.2, 0.25) is 0 Å². The van der Waals surface area contributed by atoms with Gasteiger partial charge in [0.2, 0.25) is 0 Å². The van der Waals surface area contributed by atoms with Gasteiger partial charge in [0.05, 0.1) is 13.2 Å². The molecule has 16 heavy (non-hydrogen) atoms. The molecule has 1 aromatic rings. The molecule has 0 aromatic heterocycles. The van der Waals surface area contributed by atoms with Crippen LogP contribution in [0.5, 0.6) is 0 Å². The van der Waals surface area contributed by atoms with Crippen LogP contribution in [0.4, 0.5) is 10.1 Å². The van der Waals surface area contributed by atoms with Crippen LogP contribution in [-0.2, 0) is 6.54 Å². The summed E-state index contributed by atoms with van der Waals surface area (Å²) in [4.78, 5) is 1.78. The molecular formula is C11H17FN2O2. The van der Waals surface area contributed by atoms with Crippen molar-refractivity contribution < 1.29 is 14.6 Å². The van der Waals surface area contributed by atoms with Crippen LogP contribution in [-0.4, -0.2) is 36.5 Å². The smallest absolute Gasteiger partial charge is 0.123 e. The summed E-state index contributed by atoms with van der Waals surface area (Å²) in [6.07, 6.45) is 0. The standard InChI is InChI=1S/C11H17FN2O2/c12-10-1-2-11(9(7-10)8-13)14(3-5-15)4-6-16/h1-2,7,15-16H,3-6,8,13H2. The summed E-state index contributed by atoms with van der Waals surface area (Å²) in [5.74, 6) is -0.336.